The van der Waals surface area contributed by atoms with E-state index in [1.807, 2.05) is 6.01 Å². The second-order valence-electron chi connectivity index (χ2n) is 1.14. The number of hydrogen-bond acceptors (Lipinski definition) is 3. The van der Waals surface area contributed by atoms with E-state index in [0.29, 0.717) is 13.1 Å². The fourth-order valence-corrected chi connectivity index (χ4v) is 0.226. The Hall–Kier alpha value is -0.370. The molecular formula is C4H10ClN3. The van der Waals surface area contributed by atoms with Crippen molar-refractivity contribution in [1.82, 2.24) is 0 Å². The molecule has 0 spiro atoms. The summed E-state index contributed by atoms with van der Waals surface area (Å²) in [6.45, 7) is 1.28. The van der Waals surface area contributed by atoms with Gasteiger partial charge in [-0.25, -0.2) is 10.4 Å². The highest BCUT2D eigenvalue weighted by atomic mass is 35.5. The first-order valence-corrected chi connectivity index (χ1v) is 2.20. The summed E-state index contributed by atoms with van der Waals surface area (Å²) in [4.78, 5) is 3.50. The second kappa shape index (κ2) is 9.80. The van der Waals surface area contributed by atoms with Gasteiger partial charge in [-0.3, -0.25) is 0 Å². The van der Waals surface area contributed by atoms with E-state index in [0.717, 1.165) is 6.42 Å². The molecule has 0 radical (unpaired) electrons. The summed E-state index contributed by atoms with van der Waals surface area (Å²) >= 11 is 0. The van der Waals surface area contributed by atoms with Crippen molar-refractivity contribution in [1.29, 1.82) is 5.41 Å². The highest BCUT2D eigenvalue weighted by molar-refractivity contribution is 5.85. The van der Waals surface area contributed by atoms with Gasteiger partial charge in [0.1, 0.15) is 0 Å². The number of nitrogens with two attached hydrogens (primary N) is 1. The van der Waals surface area contributed by atoms with Crippen LogP contribution in [0.25, 0.3) is 0 Å². The Labute approximate surface area is 54.9 Å². The first-order chi connectivity index (χ1) is 3.41. The molecule has 0 aromatic rings. The SMILES string of the molecule is Cl.N=C=NCCCN. The van der Waals surface area contributed by atoms with Gasteiger partial charge in [-0.15, -0.1) is 12.4 Å². The van der Waals surface area contributed by atoms with Crippen molar-refractivity contribution in [3.63, 3.8) is 0 Å². The third-order valence-electron chi connectivity index (χ3n) is 0.553. The van der Waals surface area contributed by atoms with Crippen LogP contribution in [0.3, 0.4) is 0 Å². The Kier molecular flexibility index (Phi) is 13.0. The summed E-state index contributed by atoms with van der Waals surface area (Å²) in [7, 11) is 0. The van der Waals surface area contributed by atoms with E-state index in [1.54, 1.807) is 0 Å². The molecule has 0 aliphatic rings. The van der Waals surface area contributed by atoms with Crippen LogP contribution >= 0.6 is 12.4 Å². The van der Waals surface area contributed by atoms with Crippen LogP contribution in [0.15, 0.2) is 4.99 Å². The second-order valence-corrected chi connectivity index (χ2v) is 1.14. The summed E-state index contributed by atoms with van der Waals surface area (Å²) in [5.41, 5.74) is 5.12. The van der Waals surface area contributed by atoms with E-state index in [4.69, 9.17) is 11.1 Å². The first-order valence-electron chi connectivity index (χ1n) is 2.20. The Morgan fingerprint density at radius 1 is 1.62 bits per heavy atom. The van der Waals surface area contributed by atoms with E-state index >= 15 is 0 Å². The molecule has 0 aromatic carbocycles. The van der Waals surface area contributed by atoms with Gasteiger partial charge in [-0.2, -0.15) is 0 Å². The molecule has 0 unspecified atom stereocenters. The van der Waals surface area contributed by atoms with Gasteiger partial charge in [0.15, 0.2) is 0 Å². The number of nitrogens with one attached hydrogen (secondary N) is 1. The average Bonchev–Trinajstić information content (AvgIpc) is 1.69. The van der Waals surface area contributed by atoms with Gasteiger partial charge in [0.05, 0.1) is 12.6 Å². The zero-order valence-corrected chi connectivity index (χ0v) is 5.37. The fraction of sp³-hybridized carbons (Fsp3) is 0.750. The third-order valence-corrected chi connectivity index (χ3v) is 0.553. The van der Waals surface area contributed by atoms with Gasteiger partial charge in [-0.1, -0.05) is 0 Å². The molecule has 8 heavy (non-hydrogen) atoms. The minimum atomic E-state index is 0. The number of halogens is 1. The van der Waals surface area contributed by atoms with Crippen molar-refractivity contribution < 1.29 is 0 Å². The summed E-state index contributed by atoms with van der Waals surface area (Å²) in [6, 6.07) is 1.92. The molecule has 0 atom stereocenters. The molecule has 3 nitrogen and oxygen atoms in total. The number of rotatable bonds is 3. The maximum absolute atomic E-state index is 6.32. The molecule has 0 aliphatic heterocycles. The van der Waals surface area contributed by atoms with E-state index in [1.165, 1.54) is 0 Å². The van der Waals surface area contributed by atoms with Crippen molar-refractivity contribution in [2.75, 3.05) is 13.1 Å². The van der Waals surface area contributed by atoms with Crippen molar-refractivity contribution in [3.05, 3.63) is 0 Å². The van der Waals surface area contributed by atoms with Gasteiger partial charge >= 0.3 is 0 Å². The van der Waals surface area contributed by atoms with Crippen molar-refractivity contribution in [2.24, 2.45) is 10.7 Å². The van der Waals surface area contributed by atoms with Crippen LogP contribution in [0.1, 0.15) is 6.42 Å². The number of hydrogen-bond donors (Lipinski definition) is 2. The third kappa shape index (κ3) is 9.16. The zero-order valence-electron chi connectivity index (χ0n) is 4.55. The molecule has 0 aliphatic carbocycles. The smallest absolute Gasteiger partial charge is 0.0861 e. The highest BCUT2D eigenvalue weighted by Gasteiger charge is 1.73. The molecule has 0 bridgehead atoms. The van der Waals surface area contributed by atoms with Crippen LogP contribution in [-0.4, -0.2) is 19.1 Å². The summed E-state index contributed by atoms with van der Waals surface area (Å²) in [5, 5.41) is 6.32. The Bertz CT molecular complexity index is 77.4. The molecule has 0 heterocycles. The maximum atomic E-state index is 6.32. The predicted molar refractivity (Wildman–Crippen MR) is 35.9 cm³/mol. The lowest BCUT2D eigenvalue weighted by molar-refractivity contribution is 0.847. The minimum absolute atomic E-state index is 0. The summed E-state index contributed by atoms with van der Waals surface area (Å²) in [6.07, 6.45) is 0.853. The first kappa shape index (κ1) is 10.6. The van der Waals surface area contributed by atoms with Crippen molar-refractivity contribution >= 4 is 18.4 Å². The largest absolute Gasteiger partial charge is 0.330 e. The molecule has 0 rings (SSSR count). The predicted octanol–water partition coefficient (Wildman–Crippen LogP) is 0.510. The molecule has 0 saturated carbocycles. The maximum Gasteiger partial charge on any atom is 0.0861 e. The quantitative estimate of drug-likeness (QED) is 0.430. The van der Waals surface area contributed by atoms with Crippen LogP contribution in [0.5, 0.6) is 0 Å². The van der Waals surface area contributed by atoms with Crippen molar-refractivity contribution in [2.45, 2.75) is 6.42 Å². The summed E-state index contributed by atoms with van der Waals surface area (Å²) < 4.78 is 0. The molecule has 0 amide bonds. The molecule has 0 aromatic heterocycles. The van der Waals surface area contributed by atoms with Crippen molar-refractivity contribution in [3.8, 4) is 0 Å². The Morgan fingerprint density at radius 3 is 2.62 bits per heavy atom. The zero-order chi connectivity index (χ0) is 5.54. The Balaban J connectivity index is 0. The lowest BCUT2D eigenvalue weighted by atomic mass is 10.4. The van der Waals surface area contributed by atoms with E-state index in [9.17, 15) is 0 Å². The number of aliphatic imine (C=N–C) groups is 1. The van der Waals surface area contributed by atoms with Gasteiger partial charge < -0.3 is 5.73 Å². The lowest BCUT2D eigenvalue weighted by Gasteiger charge is -1.82. The topological polar surface area (TPSA) is 62.2 Å². The fourth-order valence-electron chi connectivity index (χ4n) is 0.226. The van der Waals surface area contributed by atoms with E-state index in [2.05, 4.69) is 4.99 Å². The Morgan fingerprint density at radius 2 is 2.25 bits per heavy atom. The normalized spacial score (nSPS) is 6.62. The highest BCUT2D eigenvalue weighted by Crippen LogP contribution is 1.71. The summed E-state index contributed by atoms with van der Waals surface area (Å²) in [5.74, 6) is 0. The van der Waals surface area contributed by atoms with Crippen LogP contribution in [0.2, 0.25) is 0 Å². The van der Waals surface area contributed by atoms with E-state index < -0.39 is 0 Å². The van der Waals surface area contributed by atoms with Crippen LogP contribution in [-0.2, 0) is 0 Å². The van der Waals surface area contributed by atoms with Gasteiger partial charge in [-0.05, 0) is 13.0 Å². The van der Waals surface area contributed by atoms with Crippen LogP contribution < -0.4 is 5.73 Å². The molecule has 0 fully saturated rings. The van der Waals surface area contributed by atoms with Gasteiger partial charge in [0, 0.05) is 0 Å². The average molecular weight is 136 g/mol. The number of nitrogens with zero attached hydrogens (tertiary/aromatic N) is 1. The van der Waals surface area contributed by atoms with Crippen LogP contribution in [0, 0.1) is 5.41 Å². The lowest BCUT2D eigenvalue weighted by Crippen LogP contribution is -1.99. The molecule has 3 N–H and O–H groups in total. The molecule has 4 heteroatoms. The van der Waals surface area contributed by atoms with E-state index in [-0.39, 0.29) is 12.4 Å². The molecule has 0 saturated heterocycles. The molecule has 48 valence electrons. The molecular weight excluding hydrogens is 126 g/mol. The minimum Gasteiger partial charge on any atom is -0.330 e. The van der Waals surface area contributed by atoms with Gasteiger partial charge in [0.2, 0.25) is 0 Å². The standard InChI is InChI=1S/C4H9N3.ClH/c5-2-1-3-7-4-6;/h6H,1-3,5H2;1H. The van der Waals surface area contributed by atoms with Gasteiger partial charge in [0.25, 0.3) is 0 Å². The monoisotopic (exact) mass is 135 g/mol. The van der Waals surface area contributed by atoms with Crippen LogP contribution in [0.4, 0.5) is 0 Å².